The zero-order chi connectivity index (χ0) is 19.2. The number of rotatable bonds is 5. The van der Waals surface area contributed by atoms with Crippen molar-refractivity contribution in [1.29, 1.82) is 0 Å². The van der Waals surface area contributed by atoms with Gasteiger partial charge < -0.3 is 19.9 Å². The van der Waals surface area contributed by atoms with Crippen LogP contribution in [-0.2, 0) is 11.3 Å². The van der Waals surface area contributed by atoms with Gasteiger partial charge in [0.2, 0.25) is 0 Å². The van der Waals surface area contributed by atoms with Crippen LogP contribution in [-0.4, -0.2) is 80.8 Å². The van der Waals surface area contributed by atoms with Crippen molar-refractivity contribution >= 4 is 35.6 Å². The molecule has 0 saturated carbocycles. The molecule has 3 heterocycles. The summed E-state index contributed by atoms with van der Waals surface area (Å²) in [4.78, 5) is 12.3. The first-order chi connectivity index (χ1) is 13.8. The quantitative estimate of drug-likeness (QED) is 0.285. The van der Waals surface area contributed by atoms with Gasteiger partial charge in [0.25, 0.3) is 0 Å². The molecule has 0 spiro atoms. The van der Waals surface area contributed by atoms with E-state index in [1.807, 2.05) is 0 Å². The maximum atomic E-state index is 5.50. The molecule has 3 aliphatic heterocycles. The molecule has 7 heteroatoms. The zero-order valence-corrected chi connectivity index (χ0v) is 19.8. The molecular weight excluding hydrogens is 477 g/mol. The van der Waals surface area contributed by atoms with Gasteiger partial charge in [0, 0.05) is 57.5 Å². The fourth-order valence-electron chi connectivity index (χ4n) is 4.27. The van der Waals surface area contributed by atoms with Crippen LogP contribution in [0.25, 0.3) is 0 Å². The van der Waals surface area contributed by atoms with Crippen molar-refractivity contribution < 1.29 is 4.74 Å². The lowest BCUT2D eigenvalue weighted by atomic mass is 10.2. The molecule has 0 aromatic heterocycles. The summed E-state index contributed by atoms with van der Waals surface area (Å²) in [6, 6.07) is 9.48. The second-order valence-corrected chi connectivity index (χ2v) is 7.75. The van der Waals surface area contributed by atoms with Crippen LogP contribution in [0.3, 0.4) is 0 Å². The maximum absolute atomic E-state index is 5.50. The summed E-state index contributed by atoms with van der Waals surface area (Å²) in [5.41, 5.74) is 2.55. The van der Waals surface area contributed by atoms with Crippen molar-refractivity contribution in [3.63, 3.8) is 0 Å². The fourth-order valence-corrected chi connectivity index (χ4v) is 4.27. The van der Waals surface area contributed by atoms with Crippen molar-refractivity contribution in [3.05, 3.63) is 42.0 Å². The minimum Gasteiger partial charge on any atom is -0.379 e. The standard InChI is InChI=1S/C22H33N5O.HI/c1-2-23-22(27-12-9-21(18-27)26-13-15-28-16-14-26)24-17-19-5-7-20(8-6-19)25-10-3-4-11-25;/h3-8,21H,2,9-18H2,1H3,(H,23,24);1H. The number of hydrogen-bond acceptors (Lipinski definition) is 4. The lowest BCUT2D eigenvalue weighted by Gasteiger charge is -2.32. The predicted octanol–water partition coefficient (Wildman–Crippen LogP) is 2.55. The number of aliphatic imine (C=N–C) groups is 1. The number of nitrogens with zero attached hydrogens (tertiary/aromatic N) is 4. The number of ether oxygens (including phenoxy) is 1. The van der Waals surface area contributed by atoms with Crippen molar-refractivity contribution in [1.82, 2.24) is 15.1 Å². The Morgan fingerprint density at radius 3 is 2.52 bits per heavy atom. The number of halogens is 1. The fraction of sp³-hybridized carbons (Fsp3) is 0.591. The number of anilines is 1. The SMILES string of the molecule is CCNC(=NCc1ccc(N2CC=CC2)cc1)N1CCC(N2CCOCC2)C1.I. The van der Waals surface area contributed by atoms with Gasteiger partial charge >= 0.3 is 0 Å². The van der Waals surface area contributed by atoms with E-state index >= 15 is 0 Å². The average Bonchev–Trinajstić information content (AvgIpc) is 3.45. The van der Waals surface area contributed by atoms with E-state index < -0.39 is 0 Å². The molecule has 0 amide bonds. The lowest BCUT2D eigenvalue weighted by molar-refractivity contribution is 0.0195. The molecule has 0 bridgehead atoms. The van der Waals surface area contributed by atoms with E-state index in [1.54, 1.807) is 0 Å². The molecule has 1 atom stereocenters. The first kappa shape index (κ1) is 22.4. The highest BCUT2D eigenvalue weighted by Crippen LogP contribution is 2.19. The Morgan fingerprint density at radius 2 is 1.83 bits per heavy atom. The summed E-state index contributed by atoms with van der Waals surface area (Å²) >= 11 is 0. The molecule has 1 aromatic rings. The van der Waals surface area contributed by atoms with Crippen molar-refractivity contribution in [2.24, 2.45) is 4.99 Å². The Hall–Kier alpha value is -1.32. The Labute approximate surface area is 192 Å². The van der Waals surface area contributed by atoms with Crippen LogP contribution < -0.4 is 10.2 Å². The molecule has 3 aliphatic rings. The van der Waals surface area contributed by atoms with E-state index in [9.17, 15) is 0 Å². The van der Waals surface area contributed by atoms with Crippen LogP contribution in [0.1, 0.15) is 18.9 Å². The molecule has 29 heavy (non-hydrogen) atoms. The molecule has 6 nitrogen and oxygen atoms in total. The maximum Gasteiger partial charge on any atom is 0.194 e. The summed E-state index contributed by atoms with van der Waals surface area (Å²) in [6.07, 6.45) is 5.66. The lowest BCUT2D eigenvalue weighted by Crippen LogP contribution is -2.46. The minimum atomic E-state index is 0. The predicted molar refractivity (Wildman–Crippen MR) is 130 cm³/mol. The Balaban J connectivity index is 0.00000240. The molecule has 1 aromatic carbocycles. The number of likely N-dealkylation sites (tertiary alicyclic amines) is 1. The van der Waals surface area contributed by atoms with E-state index in [1.165, 1.54) is 17.7 Å². The van der Waals surface area contributed by atoms with Gasteiger partial charge in [-0.1, -0.05) is 24.3 Å². The first-order valence-electron chi connectivity index (χ1n) is 10.7. The van der Waals surface area contributed by atoms with Crippen LogP contribution >= 0.6 is 24.0 Å². The van der Waals surface area contributed by atoms with Crippen LogP contribution in [0.2, 0.25) is 0 Å². The highest BCUT2D eigenvalue weighted by molar-refractivity contribution is 14.0. The number of guanidine groups is 1. The highest BCUT2D eigenvalue weighted by atomic mass is 127. The number of hydrogen-bond donors (Lipinski definition) is 1. The molecule has 160 valence electrons. The van der Waals surface area contributed by atoms with Gasteiger partial charge in [0.05, 0.1) is 19.8 Å². The van der Waals surface area contributed by atoms with Crippen molar-refractivity contribution in [3.8, 4) is 0 Å². The van der Waals surface area contributed by atoms with E-state index in [0.717, 1.165) is 71.5 Å². The van der Waals surface area contributed by atoms with E-state index in [4.69, 9.17) is 9.73 Å². The Morgan fingerprint density at radius 1 is 1.10 bits per heavy atom. The Kier molecular flexibility index (Phi) is 8.62. The minimum absolute atomic E-state index is 0. The Bertz CT molecular complexity index is 679. The molecule has 1 N–H and O–H groups in total. The average molecular weight is 511 g/mol. The smallest absolute Gasteiger partial charge is 0.194 e. The van der Waals surface area contributed by atoms with E-state index in [-0.39, 0.29) is 24.0 Å². The number of benzene rings is 1. The summed E-state index contributed by atoms with van der Waals surface area (Å²) < 4.78 is 5.50. The summed E-state index contributed by atoms with van der Waals surface area (Å²) in [6.45, 7) is 11.8. The van der Waals surface area contributed by atoms with Gasteiger partial charge in [-0.2, -0.15) is 0 Å². The molecule has 1 unspecified atom stereocenters. The highest BCUT2D eigenvalue weighted by Gasteiger charge is 2.30. The largest absolute Gasteiger partial charge is 0.379 e. The third-order valence-electron chi connectivity index (χ3n) is 5.89. The van der Waals surface area contributed by atoms with Crippen LogP contribution in [0.5, 0.6) is 0 Å². The molecule has 2 fully saturated rings. The van der Waals surface area contributed by atoms with Gasteiger partial charge in [-0.05, 0) is 31.0 Å². The second-order valence-electron chi connectivity index (χ2n) is 7.75. The second kappa shape index (κ2) is 11.2. The third kappa shape index (κ3) is 5.86. The third-order valence-corrected chi connectivity index (χ3v) is 5.89. The molecule has 0 aliphatic carbocycles. The molecule has 0 radical (unpaired) electrons. The van der Waals surface area contributed by atoms with Crippen molar-refractivity contribution in [2.45, 2.75) is 25.9 Å². The normalized spacial score (nSPS) is 22.8. The molecular formula is C22H34IN5O. The topological polar surface area (TPSA) is 43.3 Å². The number of nitrogens with one attached hydrogen (secondary N) is 1. The van der Waals surface area contributed by atoms with Gasteiger partial charge in [-0.15, -0.1) is 24.0 Å². The zero-order valence-electron chi connectivity index (χ0n) is 17.4. The summed E-state index contributed by atoms with van der Waals surface area (Å²) in [7, 11) is 0. The van der Waals surface area contributed by atoms with Crippen LogP contribution in [0.15, 0.2) is 41.4 Å². The van der Waals surface area contributed by atoms with Crippen LogP contribution in [0.4, 0.5) is 5.69 Å². The summed E-state index contributed by atoms with van der Waals surface area (Å²) in [5, 5.41) is 3.49. The van der Waals surface area contributed by atoms with Crippen LogP contribution in [0, 0.1) is 0 Å². The monoisotopic (exact) mass is 511 g/mol. The van der Waals surface area contributed by atoms with Crippen molar-refractivity contribution in [2.75, 3.05) is 63.9 Å². The first-order valence-corrected chi connectivity index (χ1v) is 10.7. The van der Waals surface area contributed by atoms with Gasteiger partial charge in [0.15, 0.2) is 5.96 Å². The summed E-state index contributed by atoms with van der Waals surface area (Å²) in [5.74, 6) is 1.05. The molecule has 4 rings (SSSR count). The molecule has 2 saturated heterocycles. The number of morpholine rings is 1. The van der Waals surface area contributed by atoms with Gasteiger partial charge in [-0.3, -0.25) is 4.90 Å². The van der Waals surface area contributed by atoms with Gasteiger partial charge in [-0.25, -0.2) is 4.99 Å². The van der Waals surface area contributed by atoms with E-state index in [2.05, 4.69) is 63.4 Å². The van der Waals surface area contributed by atoms with Gasteiger partial charge in [0.1, 0.15) is 0 Å². The van der Waals surface area contributed by atoms with E-state index in [0.29, 0.717) is 6.04 Å².